The molecule has 0 unspecified atom stereocenters. The molecule has 0 saturated heterocycles. The number of aromatic amines is 1. The SMILES string of the molecule is CCCCc1ccc2[nH]c3ccc(-c4ccc(-n5c6ccccc6c6ccccc65)cc4)cc3c2c1. The largest absolute Gasteiger partial charge is 0.355 e. The van der Waals surface area contributed by atoms with Crippen LogP contribution in [0.1, 0.15) is 25.3 Å². The van der Waals surface area contributed by atoms with Gasteiger partial charge in [0.25, 0.3) is 0 Å². The van der Waals surface area contributed by atoms with Gasteiger partial charge in [0, 0.05) is 38.3 Å². The first kappa shape index (κ1) is 21.0. The summed E-state index contributed by atoms with van der Waals surface area (Å²) in [6.07, 6.45) is 3.60. The predicted octanol–water partition coefficient (Wildman–Crippen LogP) is 9.43. The average molecular weight is 465 g/mol. The highest BCUT2D eigenvalue weighted by molar-refractivity contribution is 6.10. The molecule has 0 saturated carbocycles. The fourth-order valence-corrected chi connectivity index (χ4v) is 5.66. The summed E-state index contributed by atoms with van der Waals surface area (Å²) in [4.78, 5) is 3.60. The second kappa shape index (κ2) is 8.42. The van der Waals surface area contributed by atoms with Gasteiger partial charge in [-0.15, -0.1) is 0 Å². The lowest BCUT2D eigenvalue weighted by Crippen LogP contribution is -1.93. The maximum atomic E-state index is 3.60. The van der Waals surface area contributed by atoms with E-state index in [-0.39, 0.29) is 0 Å². The molecule has 2 aromatic heterocycles. The molecule has 2 nitrogen and oxygen atoms in total. The molecule has 0 atom stereocenters. The van der Waals surface area contributed by atoms with Crippen LogP contribution in [0.25, 0.3) is 60.4 Å². The second-order valence-electron chi connectivity index (χ2n) is 9.79. The lowest BCUT2D eigenvalue weighted by Gasteiger charge is -2.09. The Balaban J connectivity index is 1.31. The molecular weight excluding hydrogens is 436 g/mol. The Labute approximate surface area is 210 Å². The second-order valence-corrected chi connectivity index (χ2v) is 9.79. The van der Waals surface area contributed by atoms with E-state index in [1.807, 2.05) is 0 Å². The summed E-state index contributed by atoms with van der Waals surface area (Å²) in [6.45, 7) is 2.25. The van der Waals surface area contributed by atoms with Gasteiger partial charge in [0.05, 0.1) is 11.0 Å². The highest BCUT2D eigenvalue weighted by Crippen LogP contribution is 2.34. The third-order valence-corrected chi connectivity index (χ3v) is 7.52. The van der Waals surface area contributed by atoms with Crippen LogP contribution in [0.3, 0.4) is 0 Å². The van der Waals surface area contributed by atoms with Crippen molar-refractivity contribution in [3.8, 4) is 16.8 Å². The molecule has 0 bridgehead atoms. The fourth-order valence-electron chi connectivity index (χ4n) is 5.66. The summed E-state index contributed by atoms with van der Waals surface area (Å²) in [7, 11) is 0. The number of rotatable bonds is 5. The molecule has 174 valence electrons. The standard InChI is InChI=1S/C34H28N2/c1-2-3-8-23-13-19-31-29(21-23)30-22-25(16-20-32(30)35-31)24-14-17-26(18-15-24)36-33-11-6-4-9-27(33)28-10-5-7-12-34(28)36/h4-7,9-22,35H,2-3,8H2,1H3. The highest BCUT2D eigenvalue weighted by Gasteiger charge is 2.12. The molecular formula is C34H28N2. The Morgan fingerprint density at radius 3 is 1.89 bits per heavy atom. The van der Waals surface area contributed by atoms with Crippen molar-refractivity contribution in [2.24, 2.45) is 0 Å². The molecule has 0 fully saturated rings. The first-order valence-corrected chi connectivity index (χ1v) is 12.9. The summed E-state index contributed by atoms with van der Waals surface area (Å²) in [5, 5.41) is 5.20. The van der Waals surface area contributed by atoms with Gasteiger partial charge in [-0.3, -0.25) is 0 Å². The lowest BCUT2D eigenvalue weighted by molar-refractivity contribution is 0.796. The maximum absolute atomic E-state index is 3.60. The molecule has 1 N–H and O–H groups in total. The van der Waals surface area contributed by atoms with E-state index in [4.69, 9.17) is 0 Å². The summed E-state index contributed by atoms with van der Waals surface area (Å²) >= 11 is 0. The number of hydrogen-bond donors (Lipinski definition) is 1. The van der Waals surface area contributed by atoms with Gasteiger partial charge in [0.2, 0.25) is 0 Å². The van der Waals surface area contributed by atoms with Gasteiger partial charge < -0.3 is 9.55 Å². The van der Waals surface area contributed by atoms with E-state index in [9.17, 15) is 0 Å². The molecule has 0 radical (unpaired) electrons. The van der Waals surface area contributed by atoms with Gasteiger partial charge in [-0.05, 0) is 78.1 Å². The summed E-state index contributed by atoms with van der Waals surface area (Å²) in [5.74, 6) is 0. The molecule has 0 aliphatic heterocycles. The number of nitrogens with zero attached hydrogens (tertiary/aromatic N) is 1. The minimum Gasteiger partial charge on any atom is -0.355 e. The Bertz CT molecular complexity index is 1810. The zero-order valence-corrected chi connectivity index (χ0v) is 20.5. The number of H-pyrrole nitrogens is 1. The smallest absolute Gasteiger partial charge is 0.0541 e. The van der Waals surface area contributed by atoms with Crippen LogP contribution in [0, 0.1) is 0 Å². The molecule has 7 rings (SSSR count). The zero-order valence-electron chi connectivity index (χ0n) is 20.5. The minimum absolute atomic E-state index is 1.14. The molecule has 0 amide bonds. The fraction of sp³-hybridized carbons (Fsp3) is 0.118. The number of benzene rings is 5. The van der Waals surface area contributed by atoms with E-state index in [0.717, 1.165) is 6.42 Å². The van der Waals surface area contributed by atoms with Gasteiger partial charge in [0.15, 0.2) is 0 Å². The Kier molecular flexibility index (Phi) is 4.92. The maximum Gasteiger partial charge on any atom is 0.0541 e. The van der Waals surface area contributed by atoms with Crippen LogP contribution in [0.5, 0.6) is 0 Å². The van der Waals surface area contributed by atoms with Crippen LogP contribution in [0.15, 0.2) is 109 Å². The Morgan fingerprint density at radius 1 is 0.583 bits per heavy atom. The van der Waals surface area contributed by atoms with Crippen molar-refractivity contribution in [1.29, 1.82) is 0 Å². The molecule has 7 aromatic rings. The van der Waals surface area contributed by atoms with Crippen molar-refractivity contribution in [2.45, 2.75) is 26.2 Å². The van der Waals surface area contributed by atoms with Gasteiger partial charge in [-0.25, -0.2) is 0 Å². The lowest BCUT2D eigenvalue weighted by atomic mass is 10.0. The van der Waals surface area contributed by atoms with Crippen LogP contribution in [0.4, 0.5) is 0 Å². The van der Waals surface area contributed by atoms with Crippen molar-refractivity contribution >= 4 is 43.6 Å². The van der Waals surface area contributed by atoms with Gasteiger partial charge in [-0.2, -0.15) is 0 Å². The zero-order chi connectivity index (χ0) is 24.1. The summed E-state index contributed by atoms with van der Waals surface area (Å²) < 4.78 is 2.37. The van der Waals surface area contributed by atoms with Crippen molar-refractivity contribution < 1.29 is 0 Å². The third-order valence-electron chi connectivity index (χ3n) is 7.52. The third kappa shape index (κ3) is 3.33. The molecule has 0 aliphatic rings. The predicted molar refractivity (Wildman–Crippen MR) is 154 cm³/mol. The van der Waals surface area contributed by atoms with Crippen molar-refractivity contribution in [3.05, 3.63) is 115 Å². The van der Waals surface area contributed by atoms with Crippen LogP contribution in [-0.2, 0) is 6.42 Å². The van der Waals surface area contributed by atoms with E-state index < -0.39 is 0 Å². The van der Waals surface area contributed by atoms with E-state index >= 15 is 0 Å². The first-order valence-electron chi connectivity index (χ1n) is 12.9. The number of fused-ring (bicyclic) bond motifs is 6. The van der Waals surface area contributed by atoms with Crippen molar-refractivity contribution in [3.63, 3.8) is 0 Å². The van der Waals surface area contributed by atoms with Crippen LogP contribution in [-0.4, -0.2) is 9.55 Å². The Hall–Kier alpha value is -4.30. The highest BCUT2D eigenvalue weighted by atomic mass is 15.0. The molecule has 2 heteroatoms. The topological polar surface area (TPSA) is 20.7 Å². The number of para-hydroxylation sites is 2. The molecule has 0 spiro atoms. The van der Waals surface area contributed by atoms with E-state index in [1.165, 1.54) is 78.8 Å². The first-order chi connectivity index (χ1) is 17.8. The summed E-state index contributed by atoms with van der Waals surface area (Å²) in [6, 6.07) is 40.0. The van der Waals surface area contributed by atoms with E-state index in [1.54, 1.807) is 0 Å². The monoisotopic (exact) mass is 464 g/mol. The van der Waals surface area contributed by atoms with Crippen molar-refractivity contribution in [2.75, 3.05) is 0 Å². The van der Waals surface area contributed by atoms with Crippen molar-refractivity contribution in [1.82, 2.24) is 9.55 Å². The van der Waals surface area contributed by atoms with E-state index in [2.05, 4.69) is 126 Å². The van der Waals surface area contributed by atoms with Gasteiger partial charge in [-0.1, -0.05) is 74.0 Å². The molecule has 36 heavy (non-hydrogen) atoms. The molecule has 5 aromatic carbocycles. The number of nitrogens with one attached hydrogen (secondary N) is 1. The van der Waals surface area contributed by atoms with E-state index in [0.29, 0.717) is 0 Å². The van der Waals surface area contributed by atoms with Gasteiger partial charge >= 0.3 is 0 Å². The van der Waals surface area contributed by atoms with Crippen LogP contribution in [0.2, 0.25) is 0 Å². The normalized spacial score (nSPS) is 11.8. The summed E-state index contributed by atoms with van der Waals surface area (Å²) in [5.41, 5.74) is 9.98. The minimum atomic E-state index is 1.14. The Morgan fingerprint density at radius 2 is 1.19 bits per heavy atom. The number of hydrogen-bond acceptors (Lipinski definition) is 0. The van der Waals surface area contributed by atoms with Crippen LogP contribution >= 0.6 is 0 Å². The number of aryl methyl sites for hydroxylation is 1. The number of aromatic nitrogens is 2. The van der Waals surface area contributed by atoms with Crippen LogP contribution < -0.4 is 0 Å². The molecule has 0 aliphatic carbocycles. The quantitative estimate of drug-likeness (QED) is 0.262. The molecule has 2 heterocycles. The number of unbranched alkanes of at least 4 members (excludes halogenated alkanes) is 1. The average Bonchev–Trinajstić information content (AvgIpc) is 3.47. The van der Waals surface area contributed by atoms with Gasteiger partial charge in [0.1, 0.15) is 0 Å².